The summed E-state index contributed by atoms with van der Waals surface area (Å²) in [6.45, 7) is 0.0527. The fourth-order valence-electron chi connectivity index (χ4n) is 3.26. The van der Waals surface area contributed by atoms with Gasteiger partial charge in [0.2, 0.25) is 0 Å². The molecule has 1 aliphatic rings. The summed E-state index contributed by atoms with van der Waals surface area (Å²) < 4.78 is 5.11. The molecule has 1 aliphatic heterocycles. The van der Waals surface area contributed by atoms with Gasteiger partial charge in [0.15, 0.2) is 0 Å². The molecule has 0 bridgehead atoms. The van der Waals surface area contributed by atoms with E-state index in [0.29, 0.717) is 23.4 Å². The lowest BCUT2D eigenvalue weighted by atomic mass is 10.0. The van der Waals surface area contributed by atoms with Gasteiger partial charge in [0.05, 0.1) is 12.0 Å². The van der Waals surface area contributed by atoms with Gasteiger partial charge >= 0.3 is 6.03 Å². The number of anilines is 1. The predicted octanol–water partition coefficient (Wildman–Crippen LogP) is 2.37. The Morgan fingerprint density at radius 1 is 1.12 bits per heavy atom. The third-order valence-corrected chi connectivity index (χ3v) is 4.97. The van der Waals surface area contributed by atoms with Crippen LogP contribution in [0.4, 0.5) is 16.2 Å². The molecule has 2 aromatic rings. The Balaban J connectivity index is 1.89. The van der Waals surface area contributed by atoms with Gasteiger partial charge in [-0.2, -0.15) is 0 Å². The highest BCUT2D eigenvalue weighted by molar-refractivity contribution is 6.31. The van der Waals surface area contributed by atoms with Gasteiger partial charge in [-0.15, -0.1) is 0 Å². The summed E-state index contributed by atoms with van der Waals surface area (Å²) in [5, 5.41) is 13.3. The van der Waals surface area contributed by atoms with Crippen LogP contribution in [-0.4, -0.2) is 55.4 Å². The Kier molecular flexibility index (Phi) is 6.53. The molecule has 0 unspecified atom stereocenters. The zero-order valence-electron chi connectivity index (χ0n) is 17.8. The lowest BCUT2D eigenvalue weighted by Crippen LogP contribution is -2.54. The molecule has 1 fully saturated rings. The lowest BCUT2D eigenvalue weighted by molar-refractivity contribution is -0.384. The third-order valence-electron chi connectivity index (χ3n) is 4.97. The largest absolute Gasteiger partial charge is 0.497 e. The maximum absolute atomic E-state index is 13.0. The molecule has 1 N–H and O–H groups in total. The smallest absolute Gasteiger partial charge is 0.331 e. The number of nitrogens with one attached hydrogen (secondary N) is 1. The van der Waals surface area contributed by atoms with Crippen LogP contribution in [0.2, 0.25) is 0 Å². The second-order valence-corrected chi connectivity index (χ2v) is 7.27. The normalized spacial score (nSPS) is 15.0. The molecule has 0 aliphatic carbocycles. The van der Waals surface area contributed by atoms with Gasteiger partial charge < -0.3 is 9.64 Å². The van der Waals surface area contributed by atoms with E-state index in [9.17, 15) is 24.5 Å². The fraction of sp³-hybridized carbons (Fsp3) is 0.227. The van der Waals surface area contributed by atoms with E-state index in [1.807, 2.05) is 12.1 Å². The molecular weight excluding hydrogens is 416 g/mol. The van der Waals surface area contributed by atoms with Gasteiger partial charge in [0.25, 0.3) is 17.5 Å². The summed E-state index contributed by atoms with van der Waals surface area (Å²) in [5.74, 6) is -0.926. The number of hydrogen-bond donors (Lipinski definition) is 1. The monoisotopic (exact) mass is 438 g/mol. The Bertz CT molecular complexity index is 1110. The highest BCUT2D eigenvalue weighted by Crippen LogP contribution is 2.27. The number of rotatable bonds is 7. The summed E-state index contributed by atoms with van der Waals surface area (Å²) in [5.41, 5.74) is 1.31. The Morgan fingerprint density at radius 3 is 2.41 bits per heavy atom. The van der Waals surface area contributed by atoms with Crippen LogP contribution in [0.15, 0.2) is 48.0 Å². The molecular formula is C22H22N4O6. The first-order chi connectivity index (χ1) is 15.2. The van der Waals surface area contributed by atoms with Crippen LogP contribution in [0.5, 0.6) is 5.75 Å². The minimum atomic E-state index is -0.850. The number of imide groups is 2. The number of non-ortho nitro benzene ring substituents is 1. The number of carbonyl (C=O) groups excluding carboxylic acids is 3. The van der Waals surface area contributed by atoms with Crippen molar-refractivity contribution >= 4 is 35.3 Å². The average Bonchev–Trinajstić information content (AvgIpc) is 2.76. The summed E-state index contributed by atoms with van der Waals surface area (Å²) in [6.07, 6.45) is 1.65. The van der Waals surface area contributed by atoms with Crippen molar-refractivity contribution in [3.05, 3.63) is 69.3 Å². The van der Waals surface area contributed by atoms with Crippen molar-refractivity contribution < 1.29 is 24.0 Å². The molecule has 10 nitrogen and oxygen atoms in total. The van der Waals surface area contributed by atoms with Crippen LogP contribution in [0.1, 0.15) is 11.1 Å². The summed E-state index contributed by atoms with van der Waals surface area (Å²) in [6, 6.07) is 10.5. The molecule has 0 aromatic heterocycles. The number of nitro groups is 1. The number of methoxy groups -OCH3 is 1. The topological polar surface area (TPSA) is 122 Å². The highest BCUT2D eigenvalue weighted by atomic mass is 16.6. The van der Waals surface area contributed by atoms with Gasteiger partial charge in [0, 0.05) is 44.0 Å². The molecule has 32 heavy (non-hydrogen) atoms. The second-order valence-electron chi connectivity index (χ2n) is 7.27. The summed E-state index contributed by atoms with van der Waals surface area (Å²) in [7, 11) is 5.02. The predicted molar refractivity (Wildman–Crippen MR) is 117 cm³/mol. The Morgan fingerprint density at radius 2 is 1.81 bits per heavy atom. The Hall–Kier alpha value is -4.21. The van der Waals surface area contributed by atoms with Crippen molar-refractivity contribution in [3.63, 3.8) is 0 Å². The van der Waals surface area contributed by atoms with Crippen molar-refractivity contribution in [2.24, 2.45) is 0 Å². The quantitative estimate of drug-likeness (QED) is 0.305. The maximum atomic E-state index is 13.0. The van der Waals surface area contributed by atoms with Crippen LogP contribution in [-0.2, 0) is 16.0 Å². The van der Waals surface area contributed by atoms with Crippen molar-refractivity contribution in [3.8, 4) is 5.75 Å². The van der Waals surface area contributed by atoms with E-state index in [-0.39, 0.29) is 17.8 Å². The van der Waals surface area contributed by atoms with E-state index in [1.54, 1.807) is 38.2 Å². The van der Waals surface area contributed by atoms with Crippen LogP contribution in [0, 0.1) is 10.1 Å². The van der Waals surface area contributed by atoms with Gasteiger partial charge in [-0.25, -0.2) is 4.79 Å². The molecule has 1 heterocycles. The molecule has 1 saturated heterocycles. The van der Waals surface area contributed by atoms with E-state index >= 15 is 0 Å². The van der Waals surface area contributed by atoms with Crippen molar-refractivity contribution in [2.45, 2.75) is 6.42 Å². The molecule has 0 saturated carbocycles. The van der Waals surface area contributed by atoms with E-state index in [2.05, 4.69) is 5.32 Å². The SMILES string of the molecule is COc1ccc(CCN2C(=O)NC(=O)/C(=C/c3cc([N+](=O)[O-])ccc3N(C)C)C2=O)cc1. The Labute approximate surface area is 184 Å². The van der Waals surface area contributed by atoms with Gasteiger partial charge in [-0.3, -0.25) is 29.9 Å². The number of benzene rings is 2. The molecule has 2 aromatic carbocycles. The van der Waals surface area contributed by atoms with Crippen molar-refractivity contribution in [1.29, 1.82) is 0 Å². The molecule has 166 valence electrons. The van der Waals surface area contributed by atoms with Crippen LogP contribution >= 0.6 is 0 Å². The fourth-order valence-corrected chi connectivity index (χ4v) is 3.26. The number of hydrogen-bond acceptors (Lipinski definition) is 7. The standard InChI is InChI=1S/C22H22N4O6/c1-24(2)19-9-6-16(26(30)31)12-15(19)13-18-20(27)23-22(29)25(21(18)28)11-10-14-4-7-17(32-3)8-5-14/h4-9,12-13H,10-11H2,1-3H3,(H,23,27,29)/b18-13-. The zero-order valence-corrected chi connectivity index (χ0v) is 17.8. The molecule has 0 spiro atoms. The minimum Gasteiger partial charge on any atom is -0.497 e. The number of barbiturate groups is 1. The number of nitro benzene ring substituents is 1. The third kappa shape index (κ3) is 4.75. The number of amides is 4. The van der Waals surface area contributed by atoms with Gasteiger partial charge in [-0.05, 0) is 36.3 Å². The zero-order chi connectivity index (χ0) is 23.4. The van der Waals surface area contributed by atoms with Crippen molar-refractivity contribution in [1.82, 2.24) is 10.2 Å². The van der Waals surface area contributed by atoms with Crippen LogP contribution in [0.3, 0.4) is 0 Å². The van der Waals surface area contributed by atoms with E-state index in [0.717, 1.165) is 10.5 Å². The first-order valence-electron chi connectivity index (χ1n) is 9.69. The van der Waals surface area contributed by atoms with E-state index < -0.39 is 22.8 Å². The summed E-state index contributed by atoms with van der Waals surface area (Å²) >= 11 is 0. The minimum absolute atomic E-state index is 0.0527. The summed E-state index contributed by atoms with van der Waals surface area (Å²) in [4.78, 5) is 50.9. The number of carbonyl (C=O) groups is 3. The molecule has 3 rings (SSSR count). The average molecular weight is 438 g/mol. The number of nitrogens with zero attached hydrogens (tertiary/aromatic N) is 3. The van der Waals surface area contributed by atoms with Crippen molar-refractivity contribution in [2.75, 3.05) is 32.6 Å². The number of ether oxygens (including phenoxy) is 1. The van der Waals surface area contributed by atoms with E-state index in [4.69, 9.17) is 4.74 Å². The van der Waals surface area contributed by atoms with E-state index in [1.165, 1.54) is 24.3 Å². The maximum Gasteiger partial charge on any atom is 0.331 e. The van der Waals surface area contributed by atoms with Gasteiger partial charge in [0.1, 0.15) is 11.3 Å². The molecule has 0 radical (unpaired) electrons. The van der Waals surface area contributed by atoms with Crippen LogP contribution < -0.4 is 15.0 Å². The van der Waals surface area contributed by atoms with Crippen LogP contribution in [0.25, 0.3) is 6.08 Å². The number of urea groups is 1. The first kappa shape index (κ1) is 22.5. The molecule has 10 heteroatoms. The molecule has 0 atom stereocenters. The van der Waals surface area contributed by atoms with Gasteiger partial charge in [-0.1, -0.05) is 12.1 Å². The lowest BCUT2D eigenvalue weighted by Gasteiger charge is -2.26. The second kappa shape index (κ2) is 9.29. The highest BCUT2D eigenvalue weighted by Gasteiger charge is 2.35. The first-order valence-corrected chi connectivity index (χ1v) is 9.69. The molecule has 4 amide bonds.